The number of carbonyl (C=O) groups excluding carboxylic acids is 2. The van der Waals surface area contributed by atoms with E-state index in [4.69, 9.17) is 9.47 Å². The Morgan fingerprint density at radius 3 is 2.70 bits per heavy atom. The number of nitrogens with zero attached hydrogens (tertiary/aromatic N) is 1. The second-order valence-corrected chi connectivity index (χ2v) is 4.68. The first kappa shape index (κ1) is 14.2. The first-order valence-corrected chi connectivity index (χ1v) is 6.39. The predicted molar refractivity (Wildman–Crippen MR) is 72.7 cm³/mol. The summed E-state index contributed by atoms with van der Waals surface area (Å²) in [6.45, 7) is 0.439. The summed E-state index contributed by atoms with van der Waals surface area (Å²) in [6.07, 6.45) is 0.344. The van der Waals surface area contributed by atoms with Gasteiger partial charge < -0.3 is 19.7 Å². The van der Waals surface area contributed by atoms with Gasteiger partial charge in [0.2, 0.25) is 5.91 Å². The molecule has 0 spiro atoms. The summed E-state index contributed by atoms with van der Waals surface area (Å²) < 4.78 is 10.5. The van der Waals surface area contributed by atoms with Crippen LogP contribution in [-0.4, -0.2) is 50.1 Å². The van der Waals surface area contributed by atoms with Crippen molar-refractivity contribution in [3.63, 3.8) is 0 Å². The van der Waals surface area contributed by atoms with Crippen molar-refractivity contribution in [3.8, 4) is 11.5 Å². The Morgan fingerprint density at radius 2 is 2.10 bits per heavy atom. The molecule has 108 valence electrons. The van der Waals surface area contributed by atoms with Crippen molar-refractivity contribution in [1.29, 1.82) is 0 Å². The number of hydrogen-bond acceptors (Lipinski definition) is 4. The number of nitrogens with one attached hydrogen (secondary N) is 1. The summed E-state index contributed by atoms with van der Waals surface area (Å²) >= 11 is 0. The van der Waals surface area contributed by atoms with E-state index in [9.17, 15) is 9.59 Å². The van der Waals surface area contributed by atoms with Crippen molar-refractivity contribution in [2.24, 2.45) is 0 Å². The maximum absolute atomic E-state index is 11.8. The van der Waals surface area contributed by atoms with Crippen molar-refractivity contribution in [3.05, 3.63) is 24.3 Å². The molecule has 0 aliphatic carbocycles. The molecule has 6 nitrogen and oxygen atoms in total. The van der Waals surface area contributed by atoms with Crippen LogP contribution < -0.4 is 14.8 Å². The number of para-hydroxylation sites is 2. The maximum atomic E-state index is 11.8. The number of carbonyl (C=O) groups is 2. The number of amides is 2. The highest BCUT2D eigenvalue weighted by Gasteiger charge is 2.27. The van der Waals surface area contributed by atoms with Gasteiger partial charge in [0, 0.05) is 20.0 Å². The van der Waals surface area contributed by atoms with E-state index in [0.717, 1.165) is 0 Å². The molecule has 1 heterocycles. The van der Waals surface area contributed by atoms with Gasteiger partial charge in [-0.15, -0.1) is 0 Å². The molecule has 2 amide bonds. The van der Waals surface area contributed by atoms with Crippen LogP contribution in [0, 0.1) is 0 Å². The second kappa shape index (κ2) is 6.27. The molecule has 0 saturated carbocycles. The summed E-state index contributed by atoms with van der Waals surface area (Å²) in [7, 11) is 3.27. The standard InChI is InChI=1S/C14H18N2O4/c1-16-8-10(7-14(16)18)15-13(17)9-20-12-6-4-3-5-11(12)19-2/h3-6,10H,7-9H2,1-2H3,(H,15,17). The first-order chi connectivity index (χ1) is 9.60. The van der Waals surface area contributed by atoms with Crippen LogP contribution in [0.15, 0.2) is 24.3 Å². The molecule has 1 fully saturated rings. The number of rotatable bonds is 5. The maximum Gasteiger partial charge on any atom is 0.258 e. The number of likely N-dealkylation sites (N-methyl/N-ethyl adjacent to an activating group) is 1. The fraction of sp³-hybridized carbons (Fsp3) is 0.429. The summed E-state index contributed by atoms with van der Waals surface area (Å²) in [4.78, 5) is 24.7. The SMILES string of the molecule is COc1ccccc1OCC(=O)NC1CC(=O)N(C)C1. The van der Waals surface area contributed by atoms with Crippen molar-refractivity contribution in [2.75, 3.05) is 27.3 Å². The van der Waals surface area contributed by atoms with Gasteiger partial charge in [-0.2, -0.15) is 0 Å². The highest BCUT2D eigenvalue weighted by atomic mass is 16.5. The van der Waals surface area contributed by atoms with Crippen LogP contribution in [0.25, 0.3) is 0 Å². The molecule has 0 bridgehead atoms. The molecule has 1 unspecified atom stereocenters. The zero-order chi connectivity index (χ0) is 14.5. The zero-order valence-electron chi connectivity index (χ0n) is 11.6. The minimum absolute atomic E-state index is 0.0425. The minimum atomic E-state index is -0.246. The molecule has 1 aromatic rings. The van der Waals surface area contributed by atoms with Gasteiger partial charge in [0.15, 0.2) is 18.1 Å². The van der Waals surface area contributed by atoms with Gasteiger partial charge in [0.1, 0.15) is 0 Å². The molecule has 20 heavy (non-hydrogen) atoms. The lowest BCUT2D eigenvalue weighted by atomic mass is 10.2. The smallest absolute Gasteiger partial charge is 0.258 e. The molecule has 1 aromatic carbocycles. The van der Waals surface area contributed by atoms with Gasteiger partial charge >= 0.3 is 0 Å². The third-order valence-electron chi connectivity index (χ3n) is 3.13. The number of methoxy groups -OCH3 is 1. The minimum Gasteiger partial charge on any atom is -0.493 e. The van der Waals surface area contributed by atoms with Crippen LogP contribution in [0.4, 0.5) is 0 Å². The Kier molecular flexibility index (Phi) is 4.45. The number of ether oxygens (including phenoxy) is 2. The quantitative estimate of drug-likeness (QED) is 0.847. The Bertz CT molecular complexity index is 504. The van der Waals surface area contributed by atoms with E-state index in [1.165, 1.54) is 0 Å². The highest BCUT2D eigenvalue weighted by Crippen LogP contribution is 2.25. The van der Waals surface area contributed by atoms with Gasteiger partial charge in [-0.05, 0) is 12.1 Å². The van der Waals surface area contributed by atoms with Crippen LogP contribution in [0.3, 0.4) is 0 Å². The average molecular weight is 278 g/mol. The van der Waals surface area contributed by atoms with E-state index in [1.54, 1.807) is 37.3 Å². The molecule has 1 aliphatic heterocycles. The Morgan fingerprint density at radius 1 is 1.40 bits per heavy atom. The van der Waals surface area contributed by atoms with Gasteiger partial charge in [0.05, 0.1) is 13.2 Å². The molecule has 6 heteroatoms. The highest BCUT2D eigenvalue weighted by molar-refractivity contribution is 5.82. The lowest BCUT2D eigenvalue weighted by molar-refractivity contribution is -0.126. The van der Waals surface area contributed by atoms with Crippen molar-refractivity contribution >= 4 is 11.8 Å². The van der Waals surface area contributed by atoms with Gasteiger partial charge in [-0.25, -0.2) is 0 Å². The second-order valence-electron chi connectivity index (χ2n) is 4.68. The fourth-order valence-corrected chi connectivity index (χ4v) is 2.11. The summed E-state index contributed by atoms with van der Waals surface area (Å²) in [5.74, 6) is 0.894. The van der Waals surface area contributed by atoms with Crippen LogP contribution in [0.2, 0.25) is 0 Å². The van der Waals surface area contributed by atoms with E-state index >= 15 is 0 Å². The van der Waals surface area contributed by atoms with E-state index in [0.29, 0.717) is 24.5 Å². The molecule has 1 N–H and O–H groups in total. The normalized spacial score (nSPS) is 18.0. The average Bonchev–Trinajstić information content (AvgIpc) is 2.75. The third kappa shape index (κ3) is 3.40. The molecule has 0 radical (unpaired) electrons. The molecule has 1 atom stereocenters. The summed E-state index contributed by atoms with van der Waals surface area (Å²) in [5.41, 5.74) is 0. The number of likely N-dealkylation sites (tertiary alicyclic amines) is 1. The van der Waals surface area contributed by atoms with Gasteiger partial charge in [-0.1, -0.05) is 12.1 Å². The van der Waals surface area contributed by atoms with Crippen molar-refractivity contribution in [2.45, 2.75) is 12.5 Å². The monoisotopic (exact) mass is 278 g/mol. The van der Waals surface area contributed by atoms with Gasteiger partial charge in [0.25, 0.3) is 5.91 Å². The van der Waals surface area contributed by atoms with E-state index in [1.807, 2.05) is 6.07 Å². The van der Waals surface area contributed by atoms with Crippen LogP contribution in [0.1, 0.15) is 6.42 Å². The molecule has 2 rings (SSSR count). The Balaban J connectivity index is 1.82. The topological polar surface area (TPSA) is 67.9 Å². The van der Waals surface area contributed by atoms with Crippen LogP contribution in [-0.2, 0) is 9.59 Å². The lowest BCUT2D eigenvalue weighted by Gasteiger charge is -2.14. The summed E-state index contributed by atoms with van der Waals surface area (Å²) in [6, 6.07) is 6.99. The van der Waals surface area contributed by atoms with E-state index in [-0.39, 0.29) is 24.5 Å². The lowest BCUT2D eigenvalue weighted by Crippen LogP contribution is -2.39. The van der Waals surface area contributed by atoms with Crippen molar-refractivity contribution < 1.29 is 19.1 Å². The molecular formula is C14H18N2O4. The summed E-state index contributed by atoms with van der Waals surface area (Å²) in [5, 5.41) is 2.78. The van der Waals surface area contributed by atoms with Crippen LogP contribution in [0.5, 0.6) is 11.5 Å². The largest absolute Gasteiger partial charge is 0.493 e. The number of hydrogen-bond donors (Lipinski definition) is 1. The zero-order valence-corrected chi connectivity index (χ0v) is 11.6. The van der Waals surface area contributed by atoms with Gasteiger partial charge in [-0.3, -0.25) is 9.59 Å². The van der Waals surface area contributed by atoms with E-state index < -0.39 is 0 Å². The Hall–Kier alpha value is -2.24. The molecular weight excluding hydrogens is 260 g/mol. The molecule has 1 aliphatic rings. The molecule has 0 aromatic heterocycles. The van der Waals surface area contributed by atoms with Crippen molar-refractivity contribution in [1.82, 2.24) is 10.2 Å². The first-order valence-electron chi connectivity index (χ1n) is 6.39. The van der Waals surface area contributed by atoms with Crippen LogP contribution >= 0.6 is 0 Å². The van der Waals surface area contributed by atoms with E-state index in [2.05, 4.69) is 5.32 Å². The predicted octanol–water partition coefficient (Wildman–Crippen LogP) is 0.421. The fourth-order valence-electron chi connectivity index (χ4n) is 2.11. The Labute approximate surface area is 117 Å². The molecule has 1 saturated heterocycles. The third-order valence-corrected chi connectivity index (χ3v) is 3.13. The number of benzene rings is 1.